The van der Waals surface area contributed by atoms with Gasteiger partial charge in [-0.15, -0.1) is 0 Å². The first kappa shape index (κ1) is 30.1. The van der Waals surface area contributed by atoms with Gasteiger partial charge in [-0.2, -0.15) is 8.42 Å². The molecule has 0 saturated carbocycles. The van der Waals surface area contributed by atoms with E-state index in [-0.39, 0.29) is 39.4 Å². The first-order valence-corrected chi connectivity index (χ1v) is 15.7. The zero-order valence-electron chi connectivity index (χ0n) is 24.5. The molecule has 0 saturated heterocycles. The minimum absolute atomic E-state index is 0.0529. The zero-order chi connectivity index (χ0) is 30.8. The van der Waals surface area contributed by atoms with Crippen LogP contribution in [-0.2, 0) is 15.5 Å². The summed E-state index contributed by atoms with van der Waals surface area (Å²) in [5.74, 6) is -0.110. The largest absolute Gasteiger partial charge is 0.507 e. The van der Waals surface area contributed by atoms with Gasteiger partial charge >= 0.3 is 0 Å². The van der Waals surface area contributed by atoms with Crippen LogP contribution < -0.4 is 0 Å². The summed E-state index contributed by atoms with van der Waals surface area (Å²) in [6.07, 6.45) is 0.779. The number of phenolic OH excluding ortho intramolecular Hbond substituents is 2. The fourth-order valence-electron chi connectivity index (χ4n) is 5.86. The SMILES string of the molecule is CC(CC(c1ccccc1)c1ccc(O)c(-c2cc(S(=O)(=O)O)cc(C(C)(C)c3ccccc3)c2O)c1)c1ccccc1. The van der Waals surface area contributed by atoms with E-state index in [1.165, 1.54) is 17.7 Å². The van der Waals surface area contributed by atoms with Crippen molar-refractivity contribution in [3.8, 4) is 22.6 Å². The van der Waals surface area contributed by atoms with Crippen molar-refractivity contribution in [2.24, 2.45) is 0 Å². The van der Waals surface area contributed by atoms with Crippen molar-refractivity contribution in [2.45, 2.75) is 49.3 Å². The Kier molecular flexibility index (Phi) is 8.45. The van der Waals surface area contributed by atoms with Gasteiger partial charge in [0.25, 0.3) is 10.1 Å². The van der Waals surface area contributed by atoms with Crippen LogP contribution in [0, 0.1) is 0 Å². The fourth-order valence-corrected chi connectivity index (χ4v) is 6.39. The lowest BCUT2D eigenvalue weighted by Gasteiger charge is -2.29. The minimum atomic E-state index is -4.64. The van der Waals surface area contributed by atoms with Crippen LogP contribution in [0.15, 0.2) is 126 Å². The maximum absolute atomic E-state index is 12.5. The van der Waals surface area contributed by atoms with Gasteiger partial charge in [-0.3, -0.25) is 4.55 Å². The summed E-state index contributed by atoms with van der Waals surface area (Å²) in [6.45, 7) is 5.94. The predicted octanol–water partition coefficient (Wildman–Crippen LogP) is 8.66. The lowest BCUT2D eigenvalue weighted by Crippen LogP contribution is -2.20. The molecular weight excluding hydrogens is 556 g/mol. The van der Waals surface area contributed by atoms with E-state index in [0.29, 0.717) is 5.56 Å². The van der Waals surface area contributed by atoms with E-state index in [0.717, 1.165) is 23.1 Å². The molecule has 0 heterocycles. The Balaban J connectivity index is 1.68. The molecule has 0 aromatic heterocycles. The summed E-state index contributed by atoms with van der Waals surface area (Å²) in [6, 6.07) is 37.6. The molecule has 0 amide bonds. The molecule has 5 nitrogen and oxygen atoms in total. The van der Waals surface area contributed by atoms with Crippen molar-refractivity contribution in [2.75, 3.05) is 0 Å². The first-order valence-electron chi connectivity index (χ1n) is 14.3. The molecule has 5 aromatic rings. The van der Waals surface area contributed by atoms with E-state index in [1.54, 1.807) is 6.07 Å². The Morgan fingerprint density at radius 1 is 0.674 bits per heavy atom. The molecule has 5 rings (SSSR count). The van der Waals surface area contributed by atoms with Gasteiger partial charge in [0.1, 0.15) is 11.5 Å². The van der Waals surface area contributed by atoms with Crippen LogP contribution in [0.25, 0.3) is 11.1 Å². The highest BCUT2D eigenvalue weighted by Gasteiger charge is 2.31. The smallest absolute Gasteiger partial charge is 0.294 e. The van der Waals surface area contributed by atoms with Crippen LogP contribution >= 0.6 is 0 Å². The highest BCUT2D eigenvalue weighted by atomic mass is 32.2. The fraction of sp³-hybridized carbons (Fsp3) is 0.189. The van der Waals surface area contributed by atoms with Gasteiger partial charge < -0.3 is 10.2 Å². The lowest BCUT2D eigenvalue weighted by atomic mass is 9.76. The molecule has 0 aliphatic rings. The molecule has 2 unspecified atom stereocenters. The molecule has 0 radical (unpaired) electrons. The van der Waals surface area contributed by atoms with Gasteiger partial charge in [0.05, 0.1) is 4.90 Å². The van der Waals surface area contributed by atoms with Crippen molar-refractivity contribution in [1.29, 1.82) is 0 Å². The average Bonchev–Trinajstić information content (AvgIpc) is 3.01. The molecule has 0 aliphatic carbocycles. The number of benzene rings is 5. The van der Waals surface area contributed by atoms with E-state index < -0.39 is 15.5 Å². The van der Waals surface area contributed by atoms with Crippen molar-refractivity contribution < 1.29 is 23.2 Å². The van der Waals surface area contributed by atoms with Crippen molar-refractivity contribution in [3.05, 3.63) is 149 Å². The third-order valence-corrected chi connectivity index (χ3v) is 9.25. The van der Waals surface area contributed by atoms with Gasteiger partial charge in [0.2, 0.25) is 0 Å². The number of phenols is 2. The third kappa shape index (κ3) is 6.36. The summed E-state index contributed by atoms with van der Waals surface area (Å²) >= 11 is 0. The van der Waals surface area contributed by atoms with E-state index in [9.17, 15) is 23.2 Å². The van der Waals surface area contributed by atoms with Crippen LogP contribution in [0.5, 0.6) is 11.5 Å². The highest BCUT2D eigenvalue weighted by molar-refractivity contribution is 7.85. The predicted molar refractivity (Wildman–Crippen MR) is 171 cm³/mol. The standard InChI is InChI=1S/C37H36O5S/c1-25(26-13-7-4-8-14-26)21-31(27-15-9-5-10-16-27)28-19-20-35(38)32(22-28)33-23-30(43(40,41)42)24-34(36(33)39)37(2,3)29-17-11-6-12-18-29/h4-20,22-25,31,38-39H,21H2,1-3H3,(H,40,41,42). The molecule has 6 heteroatoms. The maximum Gasteiger partial charge on any atom is 0.294 e. The molecule has 5 aromatic carbocycles. The Bertz CT molecular complexity index is 1820. The van der Waals surface area contributed by atoms with Crippen molar-refractivity contribution in [3.63, 3.8) is 0 Å². The highest BCUT2D eigenvalue weighted by Crippen LogP contribution is 2.47. The Morgan fingerprint density at radius 3 is 1.81 bits per heavy atom. The van der Waals surface area contributed by atoms with Crippen LogP contribution in [0.2, 0.25) is 0 Å². The number of aromatic hydroxyl groups is 2. The van der Waals surface area contributed by atoms with Crippen LogP contribution in [0.4, 0.5) is 0 Å². The van der Waals surface area contributed by atoms with E-state index >= 15 is 0 Å². The Hall–Kier alpha value is -4.39. The second-order valence-corrected chi connectivity index (χ2v) is 13.0. The molecule has 0 bridgehead atoms. The number of hydrogen-bond acceptors (Lipinski definition) is 4. The number of hydrogen-bond donors (Lipinski definition) is 3. The van der Waals surface area contributed by atoms with Gasteiger partial charge in [-0.05, 0) is 58.9 Å². The second-order valence-electron chi connectivity index (χ2n) is 11.6. The minimum Gasteiger partial charge on any atom is -0.507 e. The topological polar surface area (TPSA) is 94.8 Å². The van der Waals surface area contributed by atoms with Gasteiger partial charge in [-0.1, -0.05) is 118 Å². The summed E-state index contributed by atoms with van der Waals surface area (Å²) < 4.78 is 35.0. The quantitative estimate of drug-likeness (QED) is 0.149. The van der Waals surface area contributed by atoms with Gasteiger partial charge in [0, 0.05) is 28.0 Å². The van der Waals surface area contributed by atoms with Crippen LogP contribution in [0.1, 0.15) is 66.8 Å². The summed E-state index contributed by atoms with van der Waals surface area (Å²) in [5.41, 5.74) is 3.95. The number of rotatable bonds is 9. The molecule has 0 spiro atoms. The molecular formula is C37H36O5S. The molecule has 220 valence electrons. The Morgan fingerprint density at radius 2 is 1.23 bits per heavy atom. The molecule has 43 heavy (non-hydrogen) atoms. The van der Waals surface area contributed by atoms with E-state index in [4.69, 9.17) is 0 Å². The molecule has 3 N–H and O–H groups in total. The lowest BCUT2D eigenvalue weighted by molar-refractivity contribution is 0.450. The summed E-state index contributed by atoms with van der Waals surface area (Å²) in [4.78, 5) is -0.360. The molecule has 0 aliphatic heterocycles. The molecule has 0 fully saturated rings. The normalized spacial score (nSPS) is 13.4. The van der Waals surface area contributed by atoms with Crippen LogP contribution in [-0.4, -0.2) is 23.2 Å². The molecule has 2 atom stereocenters. The van der Waals surface area contributed by atoms with E-state index in [1.807, 2.05) is 92.7 Å². The summed E-state index contributed by atoms with van der Waals surface area (Å²) in [7, 11) is -4.64. The monoisotopic (exact) mass is 592 g/mol. The zero-order valence-corrected chi connectivity index (χ0v) is 25.3. The third-order valence-electron chi connectivity index (χ3n) is 8.42. The van der Waals surface area contributed by atoms with E-state index in [2.05, 4.69) is 31.2 Å². The second kappa shape index (κ2) is 12.1. The first-order chi connectivity index (χ1) is 20.5. The maximum atomic E-state index is 12.5. The van der Waals surface area contributed by atoms with Gasteiger partial charge in [-0.25, -0.2) is 0 Å². The summed E-state index contributed by atoms with van der Waals surface area (Å²) in [5, 5.41) is 22.8. The average molecular weight is 593 g/mol. The van der Waals surface area contributed by atoms with Gasteiger partial charge in [0.15, 0.2) is 0 Å². The Labute approximate surface area is 253 Å². The van der Waals surface area contributed by atoms with Crippen LogP contribution in [0.3, 0.4) is 0 Å². The van der Waals surface area contributed by atoms with Crippen molar-refractivity contribution in [1.82, 2.24) is 0 Å². The van der Waals surface area contributed by atoms with Crippen molar-refractivity contribution >= 4 is 10.1 Å².